The van der Waals surface area contributed by atoms with E-state index in [-0.39, 0.29) is 11.4 Å². The van der Waals surface area contributed by atoms with E-state index in [4.69, 9.17) is 5.11 Å². The average molecular weight is 509 g/mol. The number of carbonyl (C=O) groups is 1. The standard InChI is InChI=1S/C21H25BrN4O4S/c1-15-3-4-20(23-13-15)24-7-9-26(10-8-24)31(2,29,30)19-12-18-16(11-17(19)22)5-6-25(18)14-21(27)28/h3-6,11-13H,7-10,14H2,1-2H3,(H,27,28)(H,29,30). The molecule has 8 nitrogen and oxygen atoms in total. The molecule has 2 N–H and O–H groups in total. The van der Waals surface area contributed by atoms with Crippen molar-refractivity contribution in [1.82, 2.24) is 13.9 Å². The van der Waals surface area contributed by atoms with Crippen LogP contribution in [0.5, 0.6) is 0 Å². The molecule has 1 aliphatic rings. The van der Waals surface area contributed by atoms with Crippen LogP contribution in [0.3, 0.4) is 0 Å². The summed E-state index contributed by atoms with van der Waals surface area (Å²) < 4.78 is 29.3. The molecule has 0 bridgehead atoms. The lowest BCUT2D eigenvalue weighted by Crippen LogP contribution is -2.58. The molecule has 0 aliphatic carbocycles. The predicted molar refractivity (Wildman–Crippen MR) is 125 cm³/mol. The molecule has 1 saturated heterocycles. The van der Waals surface area contributed by atoms with Crippen LogP contribution in [0.2, 0.25) is 0 Å². The lowest BCUT2D eigenvalue weighted by atomic mass is 10.2. The van der Waals surface area contributed by atoms with E-state index in [1.54, 1.807) is 33.3 Å². The number of carboxylic acid groups (broad SMARTS) is 1. The van der Waals surface area contributed by atoms with E-state index < -0.39 is 15.5 Å². The third-order valence-corrected chi connectivity index (χ3v) is 9.55. The molecule has 3 aromatic rings. The molecule has 0 spiro atoms. The Labute approximate surface area is 189 Å². The van der Waals surface area contributed by atoms with Crippen molar-refractivity contribution >= 4 is 48.2 Å². The van der Waals surface area contributed by atoms with E-state index in [0.717, 1.165) is 16.8 Å². The third-order valence-electron chi connectivity index (χ3n) is 5.70. The van der Waals surface area contributed by atoms with Gasteiger partial charge in [0.25, 0.3) is 0 Å². The van der Waals surface area contributed by atoms with Gasteiger partial charge in [0.05, 0.1) is 10.4 Å². The van der Waals surface area contributed by atoms with Gasteiger partial charge in [-0.05, 0) is 52.7 Å². The summed E-state index contributed by atoms with van der Waals surface area (Å²) in [5, 5.41) is 9.97. The van der Waals surface area contributed by atoms with E-state index in [0.29, 0.717) is 36.2 Å². The number of aliphatic carboxylic acids is 1. The van der Waals surface area contributed by atoms with E-state index in [1.807, 2.05) is 25.3 Å². The first-order valence-electron chi connectivity index (χ1n) is 9.86. The number of pyridine rings is 1. The number of aromatic nitrogens is 2. The molecule has 0 amide bonds. The van der Waals surface area contributed by atoms with Crippen molar-refractivity contribution in [1.29, 1.82) is 0 Å². The Morgan fingerprint density at radius 1 is 1.19 bits per heavy atom. The van der Waals surface area contributed by atoms with Crippen LogP contribution in [0.15, 0.2) is 52.1 Å². The summed E-state index contributed by atoms with van der Waals surface area (Å²) in [6, 6.07) is 9.16. The minimum Gasteiger partial charge on any atom is -0.480 e. The number of hydrogen-bond donors (Lipinski definition) is 2. The smallest absolute Gasteiger partial charge is 0.323 e. The minimum atomic E-state index is -4.38. The number of fused-ring (bicyclic) bond motifs is 1. The van der Waals surface area contributed by atoms with Crippen LogP contribution in [-0.4, -0.2) is 66.1 Å². The number of rotatable bonds is 5. The second kappa shape index (κ2) is 7.70. The predicted octanol–water partition coefficient (Wildman–Crippen LogP) is 3.21. The second-order valence-corrected chi connectivity index (χ2v) is 12.3. The van der Waals surface area contributed by atoms with Gasteiger partial charge in [-0.2, -0.15) is 4.21 Å². The zero-order valence-electron chi connectivity index (χ0n) is 17.4. The van der Waals surface area contributed by atoms with Crippen molar-refractivity contribution in [3.05, 3.63) is 52.8 Å². The maximum Gasteiger partial charge on any atom is 0.323 e. The first-order chi connectivity index (χ1) is 14.5. The van der Waals surface area contributed by atoms with Gasteiger partial charge < -0.3 is 14.6 Å². The van der Waals surface area contributed by atoms with Gasteiger partial charge in [-0.3, -0.25) is 9.35 Å². The van der Waals surface area contributed by atoms with Crippen LogP contribution in [0.25, 0.3) is 10.9 Å². The molecule has 166 valence electrons. The molecule has 10 heteroatoms. The van der Waals surface area contributed by atoms with E-state index in [2.05, 4.69) is 25.8 Å². The SMILES string of the molecule is Cc1ccc(N2CCN(S(C)(=O)(O)c3cc4c(ccn4CC(=O)O)cc3Br)CC2)nc1. The van der Waals surface area contributed by atoms with E-state index >= 15 is 0 Å². The zero-order chi connectivity index (χ0) is 22.4. The van der Waals surface area contributed by atoms with Crippen LogP contribution in [-0.2, 0) is 20.9 Å². The highest BCUT2D eigenvalue weighted by Gasteiger charge is 2.37. The lowest BCUT2D eigenvalue weighted by molar-refractivity contribution is -0.137. The van der Waals surface area contributed by atoms with Gasteiger partial charge in [-0.1, -0.05) is 6.07 Å². The minimum absolute atomic E-state index is 0.214. The molecule has 1 fully saturated rings. The highest BCUT2D eigenvalue weighted by atomic mass is 79.9. The third kappa shape index (κ3) is 4.12. The molecule has 4 rings (SSSR count). The molecule has 0 atom stereocenters. The van der Waals surface area contributed by atoms with Crippen molar-refractivity contribution in [3.63, 3.8) is 0 Å². The number of anilines is 1. The van der Waals surface area contributed by atoms with Crippen LogP contribution < -0.4 is 4.90 Å². The van der Waals surface area contributed by atoms with Crippen LogP contribution in [0, 0.1) is 6.92 Å². The molecule has 1 aliphatic heterocycles. The largest absolute Gasteiger partial charge is 0.480 e. The summed E-state index contributed by atoms with van der Waals surface area (Å²) in [6.45, 7) is 3.72. The summed E-state index contributed by atoms with van der Waals surface area (Å²) >= 11 is 3.46. The summed E-state index contributed by atoms with van der Waals surface area (Å²) in [4.78, 5) is 18.0. The van der Waals surface area contributed by atoms with Crippen LogP contribution in [0.1, 0.15) is 5.56 Å². The Balaban J connectivity index is 1.64. The number of carboxylic acids is 1. The zero-order valence-corrected chi connectivity index (χ0v) is 19.8. The molecular weight excluding hydrogens is 484 g/mol. The van der Waals surface area contributed by atoms with E-state index in [1.165, 1.54) is 6.26 Å². The van der Waals surface area contributed by atoms with Crippen molar-refractivity contribution in [2.75, 3.05) is 37.3 Å². The topological polar surface area (TPSA) is 98.9 Å². The summed E-state index contributed by atoms with van der Waals surface area (Å²) in [7, 11) is -4.38. The first kappa shape index (κ1) is 21.9. The summed E-state index contributed by atoms with van der Waals surface area (Å²) in [6.07, 6.45) is 4.86. The Kier molecular flexibility index (Phi) is 5.45. The Bertz CT molecular complexity index is 1210. The number of piperazine rings is 1. The first-order valence-corrected chi connectivity index (χ1v) is 12.9. The average Bonchev–Trinajstić information content (AvgIpc) is 3.08. The highest BCUT2D eigenvalue weighted by molar-refractivity contribution is 9.10. The fourth-order valence-corrected chi connectivity index (χ4v) is 7.64. The Morgan fingerprint density at radius 2 is 1.90 bits per heavy atom. The summed E-state index contributed by atoms with van der Waals surface area (Å²) in [5.74, 6) is -0.113. The van der Waals surface area contributed by atoms with E-state index in [9.17, 15) is 13.6 Å². The Morgan fingerprint density at radius 3 is 2.52 bits per heavy atom. The quantitative estimate of drug-likeness (QED) is 0.548. The number of halogens is 1. The lowest BCUT2D eigenvalue weighted by Gasteiger charge is -2.52. The molecule has 3 heterocycles. The fourth-order valence-electron chi connectivity index (χ4n) is 3.97. The van der Waals surface area contributed by atoms with Crippen LogP contribution in [0.4, 0.5) is 5.82 Å². The maximum absolute atomic E-state index is 14.0. The summed E-state index contributed by atoms with van der Waals surface area (Å²) in [5.41, 5.74) is 1.69. The Hall–Kier alpha value is -2.27. The van der Waals surface area contributed by atoms with Gasteiger partial charge in [0, 0.05) is 54.7 Å². The number of hydrogen-bond acceptors (Lipinski definition) is 4. The normalized spacial score (nSPS) is 16.9. The van der Waals surface area contributed by atoms with Crippen LogP contribution >= 0.6 is 15.9 Å². The van der Waals surface area contributed by atoms with Gasteiger partial charge in [0.1, 0.15) is 12.4 Å². The molecule has 0 radical (unpaired) electrons. The number of nitrogens with zero attached hydrogens (tertiary/aromatic N) is 4. The van der Waals surface area contributed by atoms with Crippen molar-refractivity contribution in [2.24, 2.45) is 0 Å². The van der Waals surface area contributed by atoms with Gasteiger partial charge in [-0.15, -0.1) is 9.53 Å². The highest BCUT2D eigenvalue weighted by Crippen LogP contribution is 2.41. The maximum atomic E-state index is 14.0. The molecule has 1 aromatic carbocycles. The van der Waals surface area contributed by atoms with Crippen molar-refractivity contribution < 1.29 is 18.7 Å². The van der Waals surface area contributed by atoms with Gasteiger partial charge >= 0.3 is 5.97 Å². The molecule has 0 unspecified atom stereocenters. The molecule has 31 heavy (non-hydrogen) atoms. The van der Waals surface area contributed by atoms with Gasteiger partial charge in [-0.25, -0.2) is 9.29 Å². The van der Waals surface area contributed by atoms with Gasteiger partial charge in [0.2, 0.25) is 0 Å². The van der Waals surface area contributed by atoms with Crippen molar-refractivity contribution in [3.8, 4) is 0 Å². The monoisotopic (exact) mass is 508 g/mol. The van der Waals surface area contributed by atoms with Gasteiger partial charge in [0.15, 0.2) is 0 Å². The molecule has 2 aromatic heterocycles. The molecular formula is C21H25BrN4O4S. The number of benzene rings is 1. The van der Waals surface area contributed by atoms with Crippen molar-refractivity contribution in [2.45, 2.75) is 18.4 Å². The second-order valence-electron chi connectivity index (χ2n) is 8.02. The fraction of sp³-hybridized carbons (Fsp3) is 0.333. The molecule has 0 saturated carbocycles. The number of aryl methyl sites for hydroxylation is 1.